The first-order valence-electron chi connectivity index (χ1n) is 8.17. The molecule has 1 atom stereocenters. The van der Waals surface area contributed by atoms with Gasteiger partial charge in [-0.1, -0.05) is 47.5 Å². The first kappa shape index (κ1) is 19.7. The summed E-state index contributed by atoms with van der Waals surface area (Å²) in [4.78, 5) is 25.5. The second-order valence-corrected chi connectivity index (χ2v) is 6.00. The van der Waals surface area contributed by atoms with Crippen LogP contribution in [0.4, 0.5) is 4.79 Å². The fourth-order valence-electron chi connectivity index (χ4n) is 2.42. The summed E-state index contributed by atoms with van der Waals surface area (Å²) in [6.07, 6.45) is 3.96. The molecule has 0 aliphatic rings. The highest BCUT2D eigenvalue weighted by atomic mass is 16.4. The number of urea groups is 1. The molecule has 0 saturated carbocycles. The van der Waals surface area contributed by atoms with E-state index < -0.39 is 12.0 Å². The van der Waals surface area contributed by atoms with Gasteiger partial charge in [-0.05, 0) is 25.2 Å². The molecule has 2 N–H and O–H groups in total. The van der Waals surface area contributed by atoms with Gasteiger partial charge in [0.15, 0.2) is 0 Å². The quantitative estimate of drug-likeness (QED) is 0.649. The van der Waals surface area contributed by atoms with Crippen LogP contribution in [-0.4, -0.2) is 40.6 Å². The number of hydrogen-bond acceptors (Lipinski definition) is 2. The van der Waals surface area contributed by atoms with E-state index in [1.54, 1.807) is 4.90 Å². The summed E-state index contributed by atoms with van der Waals surface area (Å²) in [5.74, 6) is -0.596. The normalized spacial score (nSPS) is 12.5. The number of nitrogens with one attached hydrogen (secondary N) is 1. The first-order valence-corrected chi connectivity index (χ1v) is 8.17. The SMILES string of the molecule is CCCCC(NC(=O)N(CC(C)C)C(CC)CC)C(=O)O. The van der Waals surface area contributed by atoms with Crippen LogP contribution in [0.15, 0.2) is 0 Å². The van der Waals surface area contributed by atoms with Crippen molar-refractivity contribution in [3.8, 4) is 0 Å². The molecule has 0 bridgehead atoms. The number of aliphatic carboxylic acids is 1. The van der Waals surface area contributed by atoms with Crippen molar-refractivity contribution in [3.05, 3.63) is 0 Å². The lowest BCUT2D eigenvalue weighted by molar-refractivity contribution is -0.139. The average Bonchev–Trinajstić information content (AvgIpc) is 2.42. The number of unbranched alkanes of at least 4 members (excludes halogenated alkanes) is 1. The maximum Gasteiger partial charge on any atom is 0.326 e. The van der Waals surface area contributed by atoms with Crippen LogP contribution in [0.1, 0.15) is 66.7 Å². The van der Waals surface area contributed by atoms with E-state index in [-0.39, 0.29) is 12.1 Å². The molecule has 21 heavy (non-hydrogen) atoms. The van der Waals surface area contributed by atoms with Crippen LogP contribution in [0.25, 0.3) is 0 Å². The van der Waals surface area contributed by atoms with Gasteiger partial charge in [-0.2, -0.15) is 0 Å². The van der Waals surface area contributed by atoms with Crippen LogP contribution in [0.2, 0.25) is 0 Å². The highest BCUT2D eigenvalue weighted by Crippen LogP contribution is 2.13. The number of amides is 2. The maximum absolute atomic E-state index is 12.5. The second kappa shape index (κ2) is 10.5. The Hall–Kier alpha value is -1.26. The van der Waals surface area contributed by atoms with Crippen molar-refractivity contribution < 1.29 is 14.7 Å². The van der Waals surface area contributed by atoms with E-state index in [2.05, 4.69) is 33.0 Å². The highest BCUT2D eigenvalue weighted by molar-refractivity contribution is 5.82. The molecule has 5 nitrogen and oxygen atoms in total. The lowest BCUT2D eigenvalue weighted by Gasteiger charge is -2.33. The first-order chi connectivity index (χ1) is 9.87. The van der Waals surface area contributed by atoms with Crippen molar-refractivity contribution >= 4 is 12.0 Å². The molecular weight excluding hydrogens is 268 g/mol. The third kappa shape index (κ3) is 7.34. The molecule has 0 spiro atoms. The Morgan fingerprint density at radius 1 is 1.14 bits per heavy atom. The lowest BCUT2D eigenvalue weighted by atomic mass is 10.1. The van der Waals surface area contributed by atoms with Gasteiger partial charge in [0, 0.05) is 12.6 Å². The molecule has 5 heteroatoms. The summed E-state index contributed by atoms with van der Waals surface area (Å²) in [6, 6.07) is -0.879. The molecule has 0 radical (unpaired) electrons. The summed E-state index contributed by atoms with van der Waals surface area (Å²) in [5.41, 5.74) is 0. The summed E-state index contributed by atoms with van der Waals surface area (Å²) >= 11 is 0. The van der Waals surface area contributed by atoms with Crippen molar-refractivity contribution in [3.63, 3.8) is 0 Å². The summed E-state index contributed by atoms with van der Waals surface area (Å²) in [6.45, 7) is 10.9. The zero-order valence-corrected chi connectivity index (χ0v) is 14.2. The summed E-state index contributed by atoms with van der Waals surface area (Å²) < 4.78 is 0. The Labute approximate surface area is 129 Å². The van der Waals surface area contributed by atoms with Gasteiger partial charge < -0.3 is 15.3 Å². The molecule has 0 aromatic carbocycles. The van der Waals surface area contributed by atoms with E-state index >= 15 is 0 Å². The van der Waals surface area contributed by atoms with Gasteiger partial charge in [-0.25, -0.2) is 9.59 Å². The van der Waals surface area contributed by atoms with E-state index in [0.29, 0.717) is 18.9 Å². The van der Waals surface area contributed by atoms with Gasteiger partial charge in [0.1, 0.15) is 6.04 Å². The zero-order chi connectivity index (χ0) is 16.4. The van der Waals surface area contributed by atoms with Crippen LogP contribution in [-0.2, 0) is 4.79 Å². The minimum Gasteiger partial charge on any atom is -0.480 e. The zero-order valence-electron chi connectivity index (χ0n) is 14.2. The van der Waals surface area contributed by atoms with Crippen molar-refractivity contribution in [2.24, 2.45) is 5.92 Å². The Bertz CT molecular complexity index is 315. The number of carbonyl (C=O) groups excluding carboxylic acids is 1. The van der Waals surface area contributed by atoms with E-state index in [1.165, 1.54) is 0 Å². The van der Waals surface area contributed by atoms with Gasteiger partial charge in [0.2, 0.25) is 0 Å². The highest BCUT2D eigenvalue weighted by Gasteiger charge is 2.26. The minimum atomic E-state index is -0.953. The fourth-order valence-corrected chi connectivity index (χ4v) is 2.42. The second-order valence-electron chi connectivity index (χ2n) is 6.00. The summed E-state index contributed by atoms with van der Waals surface area (Å²) in [5, 5.41) is 11.9. The van der Waals surface area contributed by atoms with E-state index in [0.717, 1.165) is 25.7 Å². The largest absolute Gasteiger partial charge is 0.480 e. The molecule has 0 aliphatic carbocycles. The number of nitrogens with zero attached hydrogens (tertiary/aromatic N) is 1. The number of carbonyl (C=O) groups is 2. The Morgan fingerprint density at radius 3 is 2.10 bits per heavy atom. The van der Waals surface area contributed by atoms with Crippen LogP contribution in [0.3, 0.4) is 0 Å². The molecule has 124 valence electrons. The number of rotatable bonds is 10. The van der Waals surface area contributed by atoms with Crippen molar-refractivity contribution in [2.75, 3.05) is 6.54 Å². The molecule has 0 rings (SSSR count). The van der Waals surface area contributed by atoms with Gasteiger partial charge >= 0.3 is 12.0 Å². The van der Waals surface area contributed by atoms with Gasteiger partial charge in [-0.15, -0.1) is 0 Å². The topological polar surface area (TPSA) is 69.6 Å². The van der Waals surface area contributed by atoms with Crippen molar-refractivity contribution in [1.82, 2.24) is 10.2 Å². The molecule has 2 amide bonds. The monoisotopic (exact) mass is 300 g/mol. The molecule has 0 aromatic heterocycles. The Kier molecular flexibility index (Phi) is 9.84. The molecule has 0 saturated heterocycles. The number of hydrogen-bond donors (Lipinski definition) is 2. The van der Waals surface area contributed by atoms with Crippen LogP contribution < -0.4 is 5.32 Å². The van der Waals surface area contributed by atoms with E-state index in [4.69, 9.17) is 0 Å². The standard InChI is InChI=1S/C16H32N2O3/c1-6-9-10-14(15(19)20)17-16(21)18(11-12(4)5)13(7-2)8-3/h12-14H,6-11H2,1-5H3,(H,17,21)(H,19,20). The van der Waals surface area contributed by atoms with Crippen LogP contribution >= 0.6 is 0 Å². The molecule has 0 aromatic rings. The lowest BCUT2D eigenvalue weighted by Crippen LogP contribution is -2.52. The molecule has 0 heterocycles. The number of carboxylic acid groups (broad SMARTS) is 1. The molecular formula is C16H32N2O3. The fraction of sp³-hybridized carbons (Fsp3) is 0.875. The predicted molar refractivity (Wildman–Crippen MR) is 85.4 cm³/mol. The Balaban J connectivity index is 4.87. The molecule has 0 fully saturated rings. The van der Waals surface area contributed by atoms with Gasteiger partial charge in [0.05, 0.1) is 0 Å². The van der Waals surface area contributed by atoms with Crippen LogP contribution in [0.5, 0.6) is 0 Å². The third-order valence-corrected chi connectivity index (χ3v) is 3.65. The van der Waals surface area contributed by atoms with Crippen LogP contribution in [0, 0.1) is 5.92 Å². The van der Waals surface area contributed by atoms with E-state index in [9.17, 15) is 14.7 Å². The van der Waals surface area contributed by atoms with Crippen molar-refractivity contribution in [2.45, 2.75) is 78.8 Å². The third-order valence-electron chi connectivity index (χ3n) is 3.65. The van der Waals surface area contributed by atoms with E-state index in [1.807, 2.05) is 6.92 Å². The molecule has 1 unspecified atom stereocenters. The van der Waals surface area contributed by atoms with Gasteiger partial charge in [-0.3, -0.25) is 0 Å². The predicted octanol–water partition coefficient (Wildman–Crippen LogP) is 3.49. The maximum atomic E-state index is 12.5. The average molecular weight is 300 g/mol. The van der Waals surface area contributed by atoms with Crippen molar-refractivity contribution in [1.29, 1.82) is 0 Å². The van der Waals surface area contributed by atoms with Gasteiger partial charge in [0.25, 0.3) is 0 Å². The smallest absolute Gasteiger partial charge is 0.326 e. The summed E-state index contributed by atoms with van der Waals surface area (Å²) in [7, 11) is 0. The number of carboxylic acids is 1. The molecule has 0 aliphatic heterocycles. The minimum absolute atomic E-state index is 0.160. The Morgan fingerprint density at radius 2 is 1.71 bits per heavy atom.